The predicted molar refractivity (Wildman–Crippen MR) is 416 cm³/mol. The minimum Gasteiger partial charge on any atom is -0.482 e. The first kappa shape index (κ1) is 74.6. The molecule has 15 rings (SSSR count). The van der Waals surface area contributed by atoms with Crippen molar-refractivity contribution in [2.24, 2.45) is 23.7 Å². The summed E-state index contributed by atoms with van der Waals surface area (Å²) in [7, 11) is -0.636. The van der Waals surface area contributed by atoms with Crippen LogP contribution in [0.25, 0.3) is 0 Å². The summed E-state index contributed by atoms with van der Waals surface area (Å²) in [6.45, 7) is 16.6. The van der Waals surface area contributed by atoms with E-state index in [9.17, 15) is 14.4 Å². The molecule has 536 valence electrons. The van der Waals surface area contributed by atoms with Gasteiger partial charge in [0.15, 0.2) is 63.9 Å². The molecule has 6 aliphatic rings. The molecule has 4 bridgehead atoms. The molecule has 9 aromatic carbocycles. The second-order valence-corrected chi connectivity index (χ2v) is 35.2. The highest BCUT2D eigenvalue weighted by Crippen LogP contribution is 2.59. The number of hydrogen-bond donors (Lipinski definition) is 0. The highest BCUT2D eigenvalue weighted by Gasteiger charge is 2.57. The van der Waals surface area contributed by atoms with Crippen molar-refractivity contribution in [3.63, 3.8) is 0 Å². The van der Waals surface area contributed by atoms with Crippen LogP contribution in [-0.4, -0.2) is 54.5 Å². The van der Waals surface area contributed by atoms with E-state index in [2.05, 4.69) is 274 Å². The van der Waals surface area contributed by atoms with Gasteiger partial charge in [0.25, 0.3) is 0 Å². The van der Waals surface area contributed by atoms with Gasteiger partial charge in [0.1, 0.15) is 34.1 Å². The van der Waals surface area contributed by atoms with Gasteiger partial charge in [-0.2, -0.15) is 0 Å². The second-order valence-electron chi connectivity index (χ2n) is 29.1. The predicted octanol–water partition coefficient (Wildman–Crippen LogP) is 21.7. The van der Waals surface area contributed by atoms with Crippen molar-refractivity contribution in [2.75, 3.05) is 19.8 Å². The topological polar surface area (TPSA) is 107 Å². The highest BCUT2D eigenvalue weighted by molar-refractivity contribution is 7.97. The molecule has 0 atom stereocenters. The highest BCUT2D eigenvalue weighted by atomic mass is 32.2. The number of carbonyl (C=O) groups is 3. The molecule has 0 aromatic heterocycles. The first-order chi connectivity index (χ1) is 50.0. The van der Waals surface area contributed by atoms with E-state index in [0.29, 0.717) is 17.6 Å². The smallest absolute Gasteiger partial charge is 0.344 e. The van der Waals surface area contributed by atoms with Gasteiger partial charge >= 0.3 is 17.9 Å². The number of rotatable bonds is 23. The van der Waals surface area contributed by atoms with Gasteiger partial charge in [0.2, 0.25) is 0 Å². The summed E-state index contributed by atoms with van der Waals surface area (Å²) in [5.41, 5.74) is 4.41. The van der Waals surface area contributed by atoms with Crippen molar-refractivity contribution in [2.45, 2.75) is 219 Å². The van der Waals surface area contributed by atoms with Crippen LogP contribution in [0.15, 0.2) is 269 Å². The van der Waals surface area contributed by atoms with Gasteiger partial charge in [-0.15, -0.1) is 0 Å². The molecule has 12 heteroatoms. The molecule has 6 saturated carbocycles. The van der Waals surface area contributed by atoms with Crippen LogP contribution in [-0.2, 0) is 61.3 Å². The SMILES string of the molecule is CCC1(OC(=O)COc2c(C)cc([S+](c3ccccc3)c3ccccc3)cc2C)CCCC1.CCC1(OC(=O)COc2c(C)cc([S+](c3ccccc3)c3ccccc3)cc2C)CCCCC1.Cc1cc(OCC(=O)OC2(C)C3CC4CC(C3)CC2C4)ccc1[S+](c1ccccc1)c1ccccc1. The van der Waals surface area contributed by atoms with Gasteiger partial charge < -0.3 is 28.4 Å². The number of esters is 3. The zero-order valence-corrected chi connectivity index (χ0v) is 64.0. The average Bonchev–Trinajstić information content (AvgIpc) is 0.989. The van der Waals surface area contributed by atoms with Crippen molar-refractivity contribution in [1.82, 2.24) is 0 Å². The van der Waals surface area contributed by atoms with Gasteiger partial charge in [-0.3, -0.25) is 0 Å². The quantitative estimate of drug-likeness (QED) is 0.0352. The van der Waals surface area contributed by atoms with E-state index in [1.165, 1.54) is 82.6 Å². The van der Waals surface area contributed by atoms with Crippen LogP contribution in [0.5, 0.6) is 17.2 Å². The molecule has 0 amide bonds. The lowest BCUT2D eigenvalue weighted by Gasteiger charge is -2.59. The van der Waals surface area contributed by atoms with Crippen molar-refractivity contribution in [1.29, 1.82) is 0 Å². The summed E-state index contributed by atoms with van der Waals surface area (Å²) in [4.78, 5) is 49.6. The van der Waals surface area contributed by atoms with Gasteiger partial charge in [-0.05, 0) is 275 Å². The van der Waals surface area contributed by atoms with Crippen molar-refractivity contribution in [3.8, 4) is 17.2 Å². The minimum absolute atomic E-state index is 0.0379. The van der Waals surface area contributed by atoms with Crippen LogP contribution >= 0.6 is 0 Å². The Morgan fingerprint density at radius 2 is 0.660 bits per heavy atom. The van der Waals surface area contributed by atoms with E-state index in [-0.39, 0.29) is 87.2 Å². The van der Waals surface area contributed by atoms with E-state index in [4.69, 9.17) is 28.4 Å². The fourth-order valence-electron chi connectivity index (χ4n) is 16.8. The molecule has 9 nitrogen and oxygen atoms in total. The molecular formula is C91H103O9S3+3. The molecule has 0 radical (unpaired) electrons. The van der Waals surface area contributed by atoms with Gasteiger partial charge in [0.05, 0.1) is 32.7 Å². The van der Waals surface area contributed by atoms with E-state index < -0.39 is 0 Å². The monoisotopic (exact) mass is 1440 g/mol. The van der Waals surface area contributed by atoms with E-state index in [1.807, 2.05) is 6.07 Å². The van der Waals surface area contributed by atoms with Crippen LogP contribution in [0.2, 0.25) is 0 Å². The summed E-state index contributed by atoms with van der Waals surface area (Å²) in [5, 5.41) is 0. The largest absolute Gasteiger partial charge is 0.482 e. The lowest BCUT2D eigenvalue weighted by molar-refractivity contribution is -0.204. The van der Waals surface area contributed by atoms with E-state index in [1.54, 1.807) is 0 Å². The molecular weight excluding hydrogens is 1330 g/mol. The number of aryl methyl sites for hydroxylation is 5. The fourth-order valence-corrected chi connectivity index (χ4v) is 23.5. The lowest BCUT2D eigenvalue weighted by Crippen LogP contribution is -2.58. The molecule has 9 aromatic rings. The zero-order valence-electron chi connectivity index (χ0n) is 61.5. The molecule has 0 unspecified atom stereocenters. The maximum absolute atomic E-state index is 12.9. The Balaban J connectivity index is 0.000000146. The van der Waals surface area contributed by atoms with Gasteiger partial charge in [-0.25, -0.2) is 14.4 Å². The maximum Gasteiger partial charge on any atom is 0.344 e. The maximum atomic E-state index is 12.9. The third-order valence-electron chi connectivity index (χ3n) is 21.9. The molecule has 0 aliphatic heterocycles. The Kier molecular flexibility index (Phi) is 25.1. The molecule has 6 aliphatic carbocycles. The van der Waals surface area contributed by atoms with Crippen molar-refractivity contribution in [3.05, 3.63) is 252 Å². The first-order valence-corrected chi connectivity index (χ1v) is 41.1. The number of ether oxygens (including phenoxy) is 6. The summed E-state index contributed by atoms with van der Waals surface area (Å²) in [5.74, 6) is 4.25. The van der Waals surface area contributed by atoms with Gasteiger partial charge in [-0.1, -0.05) is 129 Å². The third-order valence-corrected chi connectivity index (χ3v) is 28.7. The normalized spacial score (nSPS) is 19.7. The summed E-state index contributed by atoms with van der Waals surface area (Å²) in [6.07, 6.45) is 17.6. The molecule has 0 spiro atoms. The van der Waals surface area contributed by atoms with Crippen molar-refractivity contribution >= 4 is 50.6 Å². The Hall–Kier alpha value is -8.16. The van der Waals surface area contributed by atoms with E-state index >= 15 is 0 Å². The van der Waals surface area contributed by atoms with Crippen LogP contribution in [0.4, 0.5) is 0 Å². The van der Waals surface area contributed by atoms with Gasteiger partial charge in [0, 0.05) is 29.8 Å². The van der Waals surface area contributed by atoms with E-state index in [0.717, 1.165) is 115 Å². The van der Waals surface area contributed by atoms with Crippen molar-refractivity contribution < 1.29 is 42.8 Å². The minimum atomic E-state index is -0.312. The number of hydrogen-bond acceptors (Lipinski definition) is 9. The van der Waals surface area contributed by atoms with Crippen LogP contribution in [0, 0.1) is 58.3 Å². The molecule has 103 heavy (non-hydrogen) atoms. The summed E-state index contributed by atoms with van der Waals surface area (Å²) in [6, 6.07) is 78.7. The third kappa shape index (κ3) is 18.3. The zero-order chi connectivity index (χ0) is 71.9. The number of benzene rings is 9. The molecule has 0 heterocycles. The fraction of sp³-hybridized carbons (Fsp3) is 0.374. The summed E-state index contributed by atoms with van der Waals surface area (Å²) < 4.78 is 36.0. The summed E-state index contributed by atoms with van der Waals surface area (Å²) >= 11 is 0. The standard InChI is InChI=1S/C32H35O3S.C30H35O3S.C29H33O3S/c1-22-15-27(13-14-30(22)36(28-9-5-3-6-10-28)29-11-7-4-8-12-29)34-21-31(33)35-32(2)25-17-23-16-24(19-25)20-26(32)18-23;1-4-30(18-12-7-13-19-30)33-28(31)22-32-29-23(2)20-27(21-24(29)3)34(25-14-8-5-9-15-25)26-16-10-6-11-17-26;1-4-29(17-11-12-18-29)32-27(30)21-31-28-22(2)19-26(20-23(28)3)33(24-13-7-5-8-14-24)25-15-9-6-10-16-25/h3-15,23-26H,16-21H2,1-2H3;5-6,8-11,14-17,20-21H,4,7,12-13,18-19,22H2,1-3H3;5-10,13-16,19-20H,4,11-12,17-18,21H2,1-3H3/q3*+1. The Bertz CT molecular complexity index is 4060. The van der Waals surface area contributed by atoms with Crippen LogP contribution in [0.1, 0.15) is 151 Å². The molecule has 6 fully saturated rings. The van der Waals surface area contributed by atoms with Crippen LogP contribution < -0.4 is 14.2 Å². The molecule has 0 N–H and O–H groups in total. The lowest BCUT2D eigenvalue weighted by atomic mass is 9.50. The number of carbonyl (C=O) groups excluding carboxylic acids is 3. The second kappa shape index (κ2) is 34.6. The Morgan fingerprint density at radius 3 is 0.990 bits per heavy atom. The Labute approximate surface area is 621 Å². The first-order valence-electron chi connectivity index (χ1n) is 37.4. The Morgan fingerprint density at radius 1 is 0.350 bits per heavy atom. The average molecular weight is 1440 g/mol. The van der Waals surface area contributed by atoms with Crippen LogP contribution in [0.3, 0.4) is 0 Å². The molecule has 0 saturated heterocycles.